The molecule has 4 rings (SSSR count). The number of benzene rings is 3. The summed E-state index contributed by atoms with van der Waals surface area (Å²) in [6, 6.07) is 21.1. The maximum absolute atomic E-state index is 13.3. The molecular weight excluding hydrogens is 370 g/mol. The van der Waals surface area contributed by atoms with Crippen molar-refractivity contribution in [1.29, 1.82) is 0 Å². The number of rotatable bonds is 5. The highest BCUT2D eigenvalue weighted by atomic mass is 16.6. The molecule has 0 radical (unpaired) electrons. The van der Waals surface area contributed by atoms with Gasteiger partial charge in [-0.05, 0) is 29.8 Å². The third-order valence-electron chi connectivity index (χ3n) is 4.93. The van der Waals surface area contributed by atoms with Crippen molar-refractivity contribution in [1.82, 2.24) is 4.90 Å². The molecule has 1 heterocycles. The van der Waals surface area contributed by atoms with Crippen LogP contribution >= 0.6 is 0 Å². The quantitative estimate of drug-likeness (QED) is 0.517. The number of nitro benzene ring substituents is 1. The fourth-order valence-corrected chi connectivity index (χ4v) is 3.46. The van der Waals surface area contributed by atoms with Gasteiger partial charge < -0.3 is 15.0 Å². The van der Waals surface area contributed by atoms with E-state index in [-0.39, 0.29) is 11.6 Å². The Morgan fingerprint density at radius 3 is 2.55 bits per heavy atom. The molecule has 1 aliphatic heterocycles. The maximum Gasteiger partial charge on any atom is 0.269 e. The van der Waals surface area contributed by atoms with Crippen LogP contribution in [0.3, 0.4) is 0 Å². The van der Waals surface area contributed by atoms with Gasteiger partial charge in [0, 0.05) is 29.9 Å². The zero-order valence-corrected chi connectivity index (χ0v) is 15.7. The number of nitro groups is 1. The third-order valence-corrected chi connectivity index (χ3v) is 4.93. The lowest BCUT2D eigenvalue weighted by Gasteiger charge is -2.38. The first kappa shape index (κ1) is 18.5. The summed E-state index contributed by atoms with van der Waals surface area (Å²) in [5, 5.41) is 14.6. The average Bonchev–Trinajstić information content (AvgIpc) is 2.76. The predicted octanol–water partition coefficient (Wildman–Crippen LogP) is 4.37. The van der Waals surface area contributed by atoms with Gasteiger partial charge in [0.05, 0.1) is 17.6 Å². The van der Waals surface area contributed by atoms with Crippen LogP contribution in [-0.2, 0) is 6.54 Å². The van der Waals surface area contributed by atoms with Crippen LogP contribution in [0, 0.1) is 10.1 Å². The highest BCUT2D eigenvalue weighted by molar-refractivity contribution is 6.01. The van der Waals surface area contributed by atoms with Gasteiger partial charge in [-0.25, -0.2) is 0 Å². The summed E-state index contributed by atoms with van der Waals surface area (Å²) in [5.41, 5.74) is 2.84. The van der Waals surface area contributed by atoms with E-state index in [1.54, 1.807) is 30.2 Å². The molecule has 0 unspecified atom stereocenters. The summed E-state index contributed by atoms with van der Waals surface area (Å²) in [4.78, 5) is 25.7. The molecule has 1 amide bonds. The third kappa shape index (κ3) is 3.62. The molecule has 0 fully saturated rings. The van der Waals surface area contributed by atoms with Gasteiger partial charge in [-0.1, -0.05) is 36.4 Å². The molecule has 146 valence electrons. The van der Waals surface area contributed by atoms with Crippen molar-refractivity contribution in [2.45, 2.75) is 12.7 Å². The van der Waals surface area contributed by atoms with E-state index in [1.807, 2.05) is 42.5 Å². The molecule has 0 aromatic heterocycles. The zero-order valence-electron chi connectivity index (χ0n) is 15.7. The molecule has 7 heteroatoms. The summed E-state index contributed by atoms with van der Waals surface area (Å²) in [5.74, 6) is 0.601. The normalized spacial score (nSPS) is 15.4. The van der Waals surface area contributed by atoms with Crippen LogP contribution in [0.15, 0.2) is 72.8 Å². The van der Waals surface area contributed by atoms with Crippen LogP contribution in [0.25, 0.3) is 0 Å². The van der Waals surface area contributed by atoms with E-state index in [0.717, 1.165) is 11.3 Å². The van der Waals surface area contributed by atoms with E-state index >= 15 is 0 Å². The average molecular weight is 389 g/mol. The Bertz CT molecular complexity index is 1070. The number of ether oxygens (including phenoxy) is 1. The van der Waals surface area contributed by atoms with Crippen molar-refractivity contribution in [3.63, 3.8) is 0 Å². The fraction of sp³-hybridized carbons (Fsp3) is 0.136. The number of carbonyl (C=O) groups excluding carboxylic acids is 1. The zero-order chi connectivity index (χ0) is 20.4. The lowest BCUT2D eigenvalue weighted by atomic mass is 10.0. The smallest absolute Gasteiger partial charge is 0.269 e. The van der Waals surface area contributed by atoms with Crippen LogP contribution in [0.5, 0.6) is 5.75 Å². The van der Waals surface area contributed by atoms with Gasteiger partial charge in [0.2, 0.25) is 0 Å². The van der Waals surface area contributed by atoms with Gasteiger partial charge >= 0.3 is 0 Å². The molecule has 3 aromatic carbocycles. The van der Waals surface area contributed by atoms with Crippen molar-refractivity contribution in [3.8, 4) is 5.75 Å². The number of amides is 1. The Morgan fingerprint density at radius 1 is 1.07 bits per heavy atom. The van der Waals surface area contributed by atoms with Crippen molar-refractivity contribution in [3.05, 3.63) is 99.6 Å². The van der Waals surface area contributed by atoms with Crippen molar-refractivity contribution in [2.24, 2.45) is 0 Å². The molecule has 1 aliphatic rings. The summed E-state index contributed by atoms with van der Waals surface area (Å²) < 4.78 is 5.20. The Morgan fingerprint density at radius 2 is 1.83 bits per heavy atom. The Hall–Kier alpha value is -3.87. The molecule has 1 atom stereocenters. The number of hydrogen-bond donors (Lipinski definition) is 1. The Kier molecular flexibility index (Phi) is 4.87. The molecule has 29 heavy (non-hydrogen) atoms. The molecular formula is C22H19N3O4. The number of non-ortho nitro benzene ring substituents is 1. The van der Waals surface area contributed by atoms with Gasteiger partial charge in [0.1, 0.15) is 11.9 Å². The van der Waals surface area contributed by atoms with Crippen LogP contribution in [0.4, 0.5) is 11.4 Å². The number of nitrogens with one attached hydrogen (secondary N) is 1. The van der Waals surface area contributed by atoms with Gasteiger partial charge in [0.25, 0.3) is 11.6 Å². The minimum atomic E-state index is -0.528. The number of carbonyl (C=O) groups is 1. The summed E-state index contributed by atoms with van der Waals surface area (Å²) in [6.45, 7) is 0.345. The largest absolute Gasteiger partial charge is 0.497 e. The lowest BCUT2D eigenvalue weighted by Crippen LogP contribution is -2.42. The van der Waals surface area contributed by atoms with Gasteiger partial charge in [0.15, 0.2) is 0 Å². The van der Waals surface area contributed by atoms with Crippen molar-refractivity contribution >= 4 is 17.3 Å². The number of methoxy groups -OCH3 is 1. The minimum absolute atomic E-state index is 0.0139. The molecule has 0 bridgehead atoms. The minimum Gasteiger partial charge on any atom is -0.497 e. The molecule has 0 saturated heterocycles. The van der Waals surface area contributed by atoms with Crippen LogP contribution in [-0.4, -0.2) is 22.8 Å². The Balaban J connectivity index is 1.74. The number of hydrogen-bond acceptors (Lipinski definition) is 5. The monoisotopic (exact) mass is 389 g/mol. The molecule has 1 N–H and O–H groups in total. The van der Waals surface area contributed by atoms with E-state index in [2.05, 4.69) is 5.32 Å². The van der Waals surface area contributed by atoms with Crippen LogP contribution < -0.4 is 10.1 Å². The molecule has 0 aliphatic carbocycles. The second kappa shape index (κ2) is 7.63. The number of anilines is 1. The number of nitrogens with zero attached hydrogens (tertiary/aromatic N) is 2. The number of fused-ring (bicyclic) bond motifs is 1. The first-order chi connectivity index (χ1) is 14.1. The SMILES string of the molecule is COc1ccc(CN2C(=O)c3ccccc3N[C@@H]2c2cccc([N+](=O)[O-])c2)cc1. The van der Waals surface area contributed by atoms with E-state index in [0.29, 0.717) is 23.4 Å². The van der Waals surface area contributed by atoms with E-state index in [1.165, 1.54) is 12.1 Å². The molecule has 0 saturated carbocycles. The predicted molar refractivity (Wildman–Crippen MR) is 109 cm³/mol. The van der Waals surface area contributed by atoms with E-state index < -0.39 is 11.1 Å². The van der Waals surface area contributed by atoms with Crippen LogP contribution in [0.2, 0.25) is 0 Å². The van der Waals surface area contributed by atoms with Gasteiger partial charge in [-0.15, -0.1) is 0 Å². The first-order valence-corrected chi connectivity index (χ1v) is 9.10. The topological polar surface area (TPSA) is 84.7 Å². The van der Waals surface area contributed by atoms with Gasteiger partial charge in [-0.2, -0.15) is 0 Å². The maximum atomic E-state index is 13.3. The van der Waals surface area contributed by atoms with E-state index in [9.17, 15) is 14.9 Å². The molecule has 7 nitrogen and oxygen atoms in total. The molecule has 0 spiro atoms. The summed E-state index contributed by atoms with van der Waals surface area (Å²) in [6.07, 6.45) is -0.528. The lowest BCUT2D eigenvalue weighted by molar-refractivity contribution is -0.384. The number of para-hydroxylation sites is 1. The first-order valence-electron chi connectivity index (χ1n) is 9.10. The van der Waals surface area contributed by atoms with Crippen LogP contribution in [0.1, 0.15) is 27.7 Å². The van der Waals surface area contributed by atoms with E-state index in [4.69, 9.17) is 4.74 Å². The fourth-order valence-electron chi connectivity index (χ4n) is 3.46. The Labute approximate surface area is 167 Å². The highest BCUT2D eigenvalue weighted by Gasteiger charge is 2.33. The second-order valence-corrected chi connectivity index (χ2v) is 6.73. The summed E-state index contributed by atoms with van der Waals surface area (Å²) in [7, 11) is 1.60. The van der Waals surface area contributed by atoms with Gasteiger partial charge in [-0.3, -0.25) is 14.9 Å². The molecule has 3 aromatic rings. The standard InChI is InChI=1S/C22H19N3O4/c1-29-18-11-9-15(10-12-18)14-24-21(16-5-4-6-17(13-16)25(27)28)23-20-8-3-2-7-19(20)22(24)26/h2-13,21,23H,14H2,1H3/t21-/m0/s1. The highest BCUT2D eigenvalue weighted by Crippen LogP contribution is 2.35. The van der Waals surface area contributed by atoms with Crippen molar-refractivity contribution in [2.75, 3.05) is 12.4 Å². The second-order valence-electron chi connectivity index (χ2n) is 6.73. The van der Waals surface area contributed by atoms with Crippen molar-refractivity contribution < 1.29 is 14.5 Å². The summed E-state index contributed by atoms with van der Waals surface area (Å²) >= 11 is 0.